The minimum absolute atomic E-state index is 0.560. The predicted octanol–water partition coefficient (Wildman–Crippen LogP) is 5.06. The zero-order valence-electron chi connectivity index (χ0n) is 14.0. The minimum atomic E-state index is 0.560. The van der Waals surface area contributed by atoms with Crippen molar-refractivity contribution in [2.45, 2.75) is 103 Å². The Morgan fingerprint density at radius 1 is 1.00 bits per heavy atom. The van der Waals surface area contributed by atoms with Crippen LogP contribution in [0.15, 0.2) is 0 Å². The van der Waals surface area contributed by atoms with E-state index in [9.17, 15) is 0 Å². The second-order valence-corrected chi connectivity index (χ2v) is 6.46. The quantitative estimate of drug-likeness (QED) is 0.477. The summed E-state index contributed by atoms with van der Waals surface area (Å²) >= 11 is 0. The van der Waals surface area contributed by atoms with E-state index in [-0.39, 0.29) is 0 Å². The molecule has 0 spiro atoms. The van der Waals surface area contributed by atoms with Gasteiger partial charge in [-0.25, -0.2) is 0 Å². The summed E-state index contributed by atoms with van der Waals surface area (Å²) in [4.78, 5) is 0. The molecule has 0 aromatic carbocycles. The molecule has 1 N–H and O–H groups in total. The summed E-state index contributed by atoms with van der Waals surface area (Å²) in [6.45, 7) is 3.28. The molecule has 1 heterocycles. The van der Waals surface area contributed by atoms with E-state index in [1.165, 1.54) is 83.5 Å². The van der Waals surface area contributed by atoms with Crippen molar-refractivity contribution >= 4 is 0 Å². The molecule has 2 nitrogen and oxygen atoms in total. The maximum atomic E-state index is 5.71. The molecule has 2 atom stereocenters. The normalized spacial score (nSPS) is 20.4. The van der Waals surface area contributed by atoms with E-state index in [0.717, 1.165) is 6.61 Å². The molecule has 0 saturated carbocycles. The summed E-state index contributed by atoms with van der Waals surface area (Å²) in [6.07, 6.45) is 18.4. The molecule has 0 bridgehead atoms. The highest BCUT2D eigenvalue weighted by molar-refractivity contribution is 4.71. The predicted molar refractivity (Wildman–Crippen MR) is 88.3 cm³/mol. The fourth-order valence-electron chi connectivity index (χ4n) is 3.22. The molecule has 1 saturated heterocycles. The molecule has 20 heavy (non-hydrogen) atoms. The SMILES string of the molecule is CCCCCCCCCCC(CCC1CCCO1)NC. The van der Waals surface area contributed by atoms with E-state index in [4.69, 9.17) is 4.74 Å². The maximum absolute atomic E-state index is 5.71. The molecule has 120 valence electrons. The smallest absolute Gasteiger partial charge is 0.0576 e. The van der Waals surface area contributed by atoms with Crippen molar-refractivity contribution in [3.63, 3.8) is 0 Å². The third-order valence-corrected chi connectivity index (χ3v) is 4.68. The van der Waals surface area contributed by atoms with Crippen LogP contribution in [0.3, 0.4) is 0 Å². The molecule has 2 heteroatoms. The monoisotopic (exact) mass is 283 g/mol. The number of hydrogen-bond donors (Lipinski definition) is 1. The van der Waals surface area contributed by atoms with Gasteiger partial charge in [-0.15, -0.1) is 0 Å². The van der Waals surface area contributed by atoms with Crippen LogP contribution in [0.2, 0.25) is 0 Å². The Hall–Kier alpha value is -0.0800. The maximum Gasteiger partial charge on any atom is 0.0576 e. The highest BCUT2D eigenvalue weighted by Gasteiger charge is 2.17. The number of hydrogen-bond acceptors (Lipinski definition) is 2. The first-order valence-electron chi connectivity index (χ1n) is 9.15. The third kappa shape index (κ3) is 8.97. The van der Waals surface area contributed by atoms with Gasteiger partial charge in [-0.2, -0.15) is 0 Å². The van der Waals surface area contributed by atoms with Gasteiger partial charge in [-0.3, -0.25) is 0 Å². The van der Waals surface area contributed by atoms with Gasteiger partial charge >= 0.3 is 0 Å². The molecular weight excluding hydrogens is 246 g/mol. The van der Waals surface area contributed by atoms with Crippen molar-refractivity contribution in [2.24, 2.45) is 0 Å². The molecule has 0 aliphatic carbocycles. The van der Waals surface area contributed by atoms with Crippen LogP contribution in [0.1, 0.15) is 90.4 Å². The van der Waals surface area contributed by atoms with E-state index < -0.39 is 0 Å². The molecule has 1 aliphatic rings. The lowest BCUT2D eigenvalue weighted by Crippen LogP contribution is -2.26. The summed E-state index contributed by atoms with van der Waals surface area (Å²) < 4.78 is 5.71. The fraction of sp³-hybridized carbons (Fsp3) is 1.00. The van der Waals surface area contributed by atoms with Crippen LogP contribution >= 0.6 is 0 Å². The lowest BCUT2D eigenvalue weighted by Gasteiger charge is -2.18. The van der Waals surface area contributed by atoms with Crippen LogP contribution in [0.5, 0.6) is 0 Å². The van der Waals surface area contributed by atoms with Crippen LogP contribution in [0.25, 0.3) is 0 Å². The van der Waals surface area contributed by atoms with Crippen molar-refractivity contribution in [1.29, 1.82) is 0 Å². The molecule has 0 radical (unpaired) electrons. The Labute approximate surface area is 127 Å². The Morgan fingerprint density at radius 2 is 1.70 bits per heavy atom. The summed E-state index contributed by atoms with van der Waals surface area (Å²) in [5.74, 6) is 0. The van der Waals surface area contributed by atoms with Gasteiger partial charge in [0.1, 0.15) is 0 Å². The summed E-state index contributed by atoms with van der Waals surface area (Å²) in [6, 6.07) is 0.708. The molecule has 1 aliphatic heterocycles. The van der Waals surface area contributed by atoms with Crippen molar-refractivity contribution in [1.82, 2.24) is 5.32 Å². The standard InChI is InChI=1S/C18H37NO/c1-3-4-5-6-7-8-9-10-12-17(19-2)14-15-18-13-11-16-20-18/h17-19H,3-16H2,1-2H3. The largest absolute Gasteiger partial charge is 0.378 e. The van der Waals surface area contributed by atoms with Crippen LogP contribution in [-0.4, -0.2) is 25.8 Å². The number of rotatable bonds is 13. The topological polar surface area (TPSA) is 21.3 Å². The number of nitrogens with one attached hydrogen (secondary N) is 1. The van der Waals surface area contributed by atoms with E-state index in [2.05, 4.69) is 19.3 Å². The van der Waals surface area contributed by atoms with Crippen LogP contribution in [0.4, 0.5) is 0 Å². The van der Waals surface area contributed by atoms with Gasteiger partial charge in [0.15, 0.2) is 0 Å². The van der Waals surface area contributed by atoms with Crippen LogP contribution in [0, 0.1) is 0 Å². The molecule has 1 rings (SSSR count). The van der Waals surface area contributed by atoms with Crippen molar-refractivity contribution in [2.75, 3.05) is 13.7 Å². The molecule has 2 unspecified atom stereocenters. The van der Waals surface area contributed by atoms with E-state index in [1.54, 1.807) is 0 Å². The first-order valence-corrected chi connectivity index (χ1v) is 9.15. The fourth-order valence-corrected chi connectivity index (χ4v) is 3.22. The second-order valence-electron chi connectivity index (χ2n) is 6.46. The second kappa shape index (κ2) is 12.6. The average molecular weight is 283 g/mol. The first kappa shape index (κ1) is 18.0. The Balaban J connectivity index is 1.89. The lowest BCUT2D eigenvalue weighted by molar-refractivity contribution is 0.0994. The van der Waals surface area contributed by atoms with Gasteiger partial charge in [0, 0.05) is 12.6 Å². The summed E-state index contributed by atoms with van der Waals surface area (Å²) in [5.41, 5.74) is 0. The Morgan fingerprint density at radius 3 is 2.30 bits per heavy atom. The zero-order valence-corrected chi connectivity index (χ0v) is 14.0. The van der Waals surface area contributed by atoms with Crippen molar-refractivity contribution in [3.05, 3.63) is 0 Å². The summed E-state index contributed by atoms with van der Waals surface area (Å²) in [5, 5.41) is 3.49. The average Bonchev–Trinajstić information content (AvgIpc) is 2.98. The van der Waals surface area contributed by atoms with Gasteiger partial charge in [0.2, 0.25) is 0 Å². The molecule has 0 amide bonds. The van der Waals surface area contributed by atoms with Gasteiger partial charge < -0.3 is 10.1 Å². The van der Waals surface area contributed by atoms with Crippen molar-refractivity contribution < 1.29 is 4.74 Å². The number of unbranched alkanes of at least 4 members (excludes halogenated alkanes) is 7. The minimum Gasteiger partial charge on any atom is -0.378 e. The van der Waals surface area contributed by atoms with Crippen molar-refractivity contribution in [3.8, 4) is 0 Å². The molecule has 0 aromatic rings. The Kier molecular flexibility index (Phi) is 11.4. The third-order valence-electron chi connectivity index (χ3n) is 4.68. The van der Waals surface area contributed by atoms with Gasteiger partial charge in [-0.1, -0.05) is 58.3 Å². The first-order chi connectivity index (χ1) is 9.86. The molecule has 0 aromatic heterocycles. The highest BCUT2D eigenvalue weighted by Crippen LogP contribution is 2.19. The Bertz CT molecular complexity index is 202. The lowest BCUT2D eigenvalue weighted by atomic mass is 10.00. The van der Waals surface area contributed by atoms with Gasteiger partial charge in [0.25, 0.3) is 0 Å². The van der Waals surface area contributed by atoms with E-state index in [1.807, 2.05) is 0 Å². The molecule has 1 fully saturated rings. The van der Waals surface area contributed by atoms with Crippen LogP contribution in [-0.2, 0) is 4.74 Å². The highest BCUT2D eigenvalue weighted by atomic mass is 16.5. The van der Waals surface area contributed by atoms with Gasteiger partial charge in [0.05, 0.1) is 6.10 Å². The number of ether oxygens (including phenoxy) is 1. The van der Waals surface area contributed by atoms with E-state index >= 15 is 0 Å². The van der Waals surface area contributed by atoms with E-state index in [0.29, 0.717) is 12.1 Å². The molecular formula is C18H37NO. The summed E-state index contributed by atoms with van der Waals surface area (Å²) in [7, 11) is 2.12. The van der Waals surface area contributed by atoms with Crippen LogP contribution < -0.4 is 5.32 Å². The van der Waals surface area contributed by atoms with Gasteiger partial charge in [-0.05, 0) is 39.2 Å². The zero-order chi connectivity index (χ0) is 14.5.